The molecule has 0 amide bonds. The summed E-state index contributed by atoms with van der Waals surface area (Å²) in [6.07, 6.45) is 1.59. The van der Waals surface area contributed by atoms with Gasteiger partial charge in [0.2, 0.25) is 0 Å². The SMILES string of the molecule is NNc1ccc(Cn2[nH]c(=O)c3ccccc3c2=O)cn1. The summed E-state index contributed by atoms with van der Waals surface area (Å²) in [6, 6.07) is 10.2. The van der Waals surface area contributed by atoms with E-state index < -0.39 is 0 Å². The van der Waals surface area contributed by atoms with Gasteiger partial charge in [0.25, 0.3) is 11.1 Å². The number of fused-ring (bicyclic) bond motifs is 1. The summed E-state index contributed by atoms with van der Waals surface area (Å²) < 4.78 is 1.28. The van der Waals surface area contributed by atoms with Gasteiger partial charge >= 0.3 is 0 Å². The number of rotatable bonds is 3. The van der Waals surface area contributed by atoms with Gasteiger partial charge in [0.05, 0.1) is 17.3 Å². The summed E-state index contributed by atoms with van der Waals surface area (Å²) in [5.74, 6) is 5.77. The van der Waals surface area contributed by atoms with Gasteiger partial charge in [-0.15, -0.1) is 0 Å². The first-order valence-corrected chi connectivity index (χ1v) is 6.32. The lowest BCUT2D eigenvalue weighted by molar-refractivity contribution is 0.635. The molecule has 3 rings (SSSR count). The Bertz CT molecular complexity index is 896. The highest BCUT2D eigenvalue weighted by Crippen LogP contribution is 2.06. The number of H-pyrrole nitrogens is 1. The standard InChI is InChI=1S/C14H13N5O2/c15-17-12-6-5-9(7-16-12)8-19-14(21)11-4-2-1-3-10(11)13(20)18-19/h1-7H,8,15H2,(H,16,17)(H,18,20). The van der Waals surface area contributed by atoms with Gasteiger partial charge in [-0.25, -0.2) is 15.5 Å². The number of nitrogen functional groups attached to an aromatic ring is 1. The number of pyridine rings is 1. The van der Waals surface area contributed by atoms with Crippen LogP contribution >= 0.6 is 0 Å². The van der Waals surface area contributed by atoms with E-state index in [4.69, 9.17) is 5.84 Å². The number of nitrogens with one attached hydrogen (secondary N) is 2. The van der Waals surface area contributed by atoms with Crippen molar-refractivity contribution in [2.75, 3.05) is 5.43 Å². The van der Waals surface area contributed by atoms with Crippen LogP contribution in [0.1, 0.15) is 5.56 Å². The second-order valence-corrected chi connectivity index (χ2v) is 4.57. The number of nitrogens with zero attached hydrogens (tertiary/aromatic N) is 2. The first kappa shape index (κ1) is 13.1. The third kappa shape index (κ3) is 2.41. The zero-order valence-electron chi connectivity index (χ0n) is 11.0. The van der Waals surface area contributed by atoms with E-state index in [-0.39, 0.29) is 17.7 Å². The van der Waals surface area contributed by atoms with Gasteiger partial charge in [-0.1, -0.05) is 18.2 Å². The molecule has 0 aliphatic carbocycles. The number of hydrogen-bond acceptors (Lipinski definition) is 5. The lowest BCUT2D eigenvalue weighted by Gasteiger charge is -2.07. The summed E-state index contributed by atoms with van der Waals surface area (Å²) >= 11 is 0. The highest BCUT2D eigenvalue weighted by atomic mass is 16.2. The Kier molecular flexibility index (Phi) is 3.25. The summed E-state index contributed by atoms with van der Waals surface area (Å²) in [5, 5.41) is 3.36. The van der Waals surface area contributed by atoms with Crippen LogP contribution in [0.4, 0.5) is 5.82 Å². The van der Waals surface area contributed by atoms with Crippen LogP contribution in [0, 0.1) is 0 Å². The molecule has 7 nitrogen and oxygen atoms in total. The van der Waals surface area contributed by atoms with E-state index in [9.17, 15) is 9.59 Å². The number of hydrazine groups is 1. The molecule has 0 unspecified atom stereocenters. The average Bonchev–Trinajstić information content (AvgIpc) is 2.53. The molecule has 0 saturated carbocycles. The van der Waals surface area contributed by atoms with Crippen molar-refractivity contribution >= 4 is 16.6 Å². The number of anilines is 1. The molecule has 3 aromatic rings. The number of benzene rings is 1. The molecule has 0 spiro atoms. The maximum Gasteiger partial charge on any atom is 0.273 e. The lowest BCUT2D eigenvalue weighted by Crippen LogP contribution is -2.30. The van der Waals surface area contributed by atoms with Crippen LogP contribution in [-0.2, 0) is 6.54 Å². The minimum Gasteiger partial charge on any atom is -0.308 e. The van der Waals surface area contributed by atoms with E-state index in [0.717, 1.165) is 5.56 Å². The van der Waals surface area contributed by atoms with Gasteiger partial charge in [0.1, 0.15) is 5.82 Å². The minimum atomic E-state index is -0.293. The van der Waals surface area contributed by atoms with Crippen LogP contribution in [0.15, 0.2) is 52.2 Å². The van der Waals surface area contributed by atoms with Crippen LogP contribution in [0.2, 0.25) is 0 Å². The molecule has 106 valence electrons. The maximum absolute atomic E-state index is 12.3. The van der Waals surface area contributed by atoms with E-state index in [2.05, 4.69) is 15.5 Å². The van der Waals surface area contributed by atoms with E-state index in [0.29, 0.717) is 16.6 Å². The largest absolute Gasteiger partial charge is 0.308 e. The molecule has 2 heterocycles. The second-order valence-electron chi connectivity index (χ2n) is 4.57. The molecule has 0 aliphatic rings. The van der Waals surface area contributed by atoms with Crippen molar-refractivity contribution in [2.24, 2.45) is 5.84 Å². The third-order valence-corrected chi connectivity index (χ3v) is 3.20. The van der Waals surface area contributed by atoms with Crippen LogP contribution in [0.3, 0.4) is 0 Å². The number of aromatic amines is 1. The topological polar surface area (TPSA) is 106 Å². The van der Waals surface area contributed by atoms with Crippen LogP contribution < -0.4 is 22.4 Å². The summed E-state index contributed by atoms with van der Waals surface area (Å²) in [4.78, 5) is 28.4. The Labute approximate surface area is 119 Å². The number of hydrogen-bond donors (Lipinski definition) is 3. The summed E-state index contributed by atoms with van der Waals surface area (Å²) in [5.41, 5.74) is 2.67. The highest BCUT2D eigenvalue weighted by molar-refractivity contribution is 5.80. The van der Waals surface area contributed by atoms with Gasteiger partial charge in [-0.3, -0.25) is 14.7 Å². The Hall–Kier alpha value is -2.93. The van der Waals surface area contributed by atoms with Crippen molar-refractivity contribution in [1.82, 2.24) is 14.8 Å². The maximum atomic E-state index is 12.3. The molecule has 0 radical (unpaired) electrons. The van der Waals surface area contributed by atoms with Crippen LogP contribution in [0.25, 0.3) is 10.8 Å². The minimum absolute atomic E-state index is 0.233. The van der Waals surface area contributed by atoms with Crippen molar-refractivity contribution in [3.05, 3.63) is 68.9 Å². The first-order chi connectivity index (χ1) is 10.2. The van der Waals surface area contributed by atoms with E-state index in [1.54, 1.807) is 42.6 Å². The Balaban J connectivity index is 2.06. The fourth-order valence-electron chi connectivity index (χ4n) is 2.14. The molecule has 0 aliphatic heterocycles. The average molecular weight is 283 g/mol. The second kappa shape index (κ2) is 5.22. The van der Waals surface area contributed by atoms with Crippen molar-refractivity contribution < 1.29 is 0 Å². The normalized spacial score (nSPS) is 10.7. The molecular weight excluding hydrogens is 270 g/mol. The molecule has 1 aromatic carbocycles. The number of nitrogens with two attached hydrogens (primary N) is 1. The molecule has 0 fully saturated rings. The number of aromatic nitrogens is 3. The van der Waals surface area contributed by atoms with E-state index in [1.807, 2.05) is 0 Å². The Morgan fingerprint density at radius 1 is 1.14 bits per heavy atom. The molecule has 7 heteroatoms. The zero-order chi connectivity index (χ0) is 14.8. The van der Waals surface area contributed by atoms with Gasteiger partial charge < -0.3 is 5.43 Å². The van der Waals surface area contributed by atoms with Crippen LogP contribution in [0.5, 0.6) is 0 Å². The fraction of sp³-hybridized carbons (Fsp3) is 0.0714. The molecule has 21 heavy (non-hydrogen) atoms. The van der Waals surface area contributed by atoms with E-state index in [1.165, 1.54) is 4.68 Å². The molecule has 0 saturated heterocycles. The molecule has 0 atom stereocenters. The molecule has 4 N–H and O–H groups in total. The van der Waals surface area contributed by atoms with Gasteiger partial charge in [0.15, 0.2) is 0 Å². The van der Waals surface area contributed by atoms with Crippen LogP contribution in [-0.4, -0.2) is 14.8 Å². The van der Waals surface area contributed by atoms with Crippen molar-refractivity contribution in [1.29, 1.82) is 0 Å². The third-order valence-electron chi connectivity index (χ3n) is 3.20. The predicted molar refractivity (Wildman–Crippen MR) is 80.0 cm³/mol. The lowest BCUT2D eigenvalue weighted by atomic mass is 10.2. The predicted octanol–water partition coefficient (Wildman–Crippen LogP) is 0.419. The smallest absolute Gasteiger partial charge is 0.273 e. The fourth-order valence-corrected chi connectivity index (χ4v) is 2.14. The molecular formula is C14H13N5O2. The molecule has 2 aromatic heterocycles. The molecule has 0 bridgehead atoms. The quantitative estimate of drug-likeness (QED) is 0.477. The van der Waals surface area contributed by atoms with Crippen molar-refractivity contribution in [2.45, 2.75) is 6.54 Å². The Morgan fingerprint density at radius 3 is 2.57 bits per heavy atom. The van der Waals surface area contributed by atoms with Gasteiger partial charge in [-0.2, -0.15) is 0 Å². The van der Waals surface area contributed by atoms with Gasteiger partial charge in [-0.05, 0) is 23.8 Å². The van der Waals surface area contributed by atoms with Crippen molar-refractivity contribution in [3.8, 4) is 0 Å². The summed E-state index contributed by atoms with van der Waals surface area (Å²) in [6.45, 7) is 0.233. The van der Waals surface area contributed by atoms with Gasteiger partial charge in [0, 0.05) is 6.20 Å². The van der Waals surface area contributed by atoms with E-state index >= 15 is 0 Å². The zero-order valence-corrected chi connectivity index (χ0v) is 11.0. The van der Waals surface area contributed by atoms with Crippen molar-refractivity contribution in [3.63, 3.8) is 0 Å². The summed E-state index contributed by atoms with van der Waals surface area (Å²) in [7, 11) is 0. The highest BCUT2D eigenvalue weighted by Gasteiger charge is 2.07. The monoisotopic (exact) mass is 283 g/mol. The first-order valence-electron chi connectivity index (χ1n) is 6.32. The Morgan fingerprint density at radius 2 is 1.90 bits per heavy atom.